The van der Waals surface area contributed by atoms with E-state index in [1.54, 1.807) is 0 Å². The molecular formula is C14H25F3N2. The molecule has 2 aliphatic carbocycles. The highest BCUT2D eigenvalue weighted by atomic mass is 19.4. The average Bonchev–Trinajstić information content (AvgIpc) is 3.17. The smallest absolute Gasteiger partial charge is 0.313 e. The molecule has 0 spiro atoms. The van der Waals surface area contributed by atoms with Gasteiger partial charge >= 0.3 is 6.18 Å². The number of hydrogen-bond donors (Lipinski definition) is 2. The first-order chi connectivity index (χ1) is 8.95. The van der Waals surface area contributed by atoms with Crippen LogP contribution in [0.1, 0.15) is 45.4 Å². The lowest BCUT2D eigenvalue weighted by Crippen LogP contribution is -2.40. The Morgan fingerprint density at radius 1 is 1.05 bits per heavy atom. The lowest BCUT2D eigenvalue weighted by Gasteiger charge is -2.30. The molecule has 0 bridgehead atoms. The first kappa shape index (κ1) is 15.1. The summed E-state index contributed by atoms with van der Waals surface area (Å²) in [6.07, 6.45) is 0.622. The summed E-state index contributed by atoms with van der Waals surface area (Å²) in [6.45, 7) is 3.96. The fraction of sp³-hybridized carbons (Fsp3) is 1.00. The molecule has 0 aromatic carbocycles. The summed E-state index contributed by atoms with van der Waals surface area (Å²) >= 11 is 0. The molecule has 112 valence electrons. The highest BCUT2D eigenvalue weighted by molar-refractivity contribution is 4.83. The maximum Gasteiger partial charge on any atom is 0.391 e. The monoisotopic (exact) mass is 278 g/mol. The van der Waals surface area contributed by atoms with Gasteiger partial charge in [-0.2, -0.15) is 13.2 Å². The molecule has 0 radical (unpaired) electrons. The van der Waals surface area contributed by atoms with Gasteiger partial charge in [0.2, 0.25) is 0 Å². The van der Waals surface area contributed by atoms with Crippen LogP contribution in [0.15, 0.2) is 0 Å². The van der Waals surface area contributed by atoms with E-state index in [1.165, 1.54) is 12.8 Å². The molecule has 5 heteroatoms. The minimum atomic E-state index is -3.99. The molecule has 2 saturated carbocycles. The minimum absolute atomic E-state index is 0.310. The highest BCUT2D eigenvalue weighted by Crippen LogP contribution is 2.39. The van der Waals surface area contributed by atoms with Crippen LogP contribution in [-0.4, -0.2) is 31.3 Å². The molecule has 0 aliphatic heterocycles. The summed E-state index contributed by atoms with van der Waals surface area (Å²) in [5, 5.41) is 6.91. The average molecular weight is 278 g/mol. The van der Waals surface area contributed by atoms with Gasteiger partial charge in [-0.1, -0.05) is 0 Å². The van der Waals surface area contributed by atoms with Gasteiger partial charge in [-0.05, 0) is 57.9 Å². The predicted octanol–water partition coefficient (Wildman–Crippen LogP) is 3.09. The van der Waals surface area contributed by atoms with Crippen LogP contribution >= 0.6 is 0 Å². The van der Waals surface area contributed by atoms with Gasteiger partial charge in [-0.15, -0.1) is 0 Å². The third kappa shape index (κ3) is 5.30. The van der Waals surface area contributed by atoms with Crippen molar-refractivity contribution in [1.82, 2.24) is 10.6 Å². The summed E-state index contributed by atoms with van der Waals surface area (Å²) in [6, 6.07) is 1.12. The third-order valence-corrected chi connectivity index (χ3v) is 4.35. The maximum atomic E-state index is 12.5. The summed E-state index contributed by atoms with van der Waals surface area (Å²) in [5.41, 5.74) is 0. The standard InChI is InChI=1S/C14H25F3N2/c1-10(8-19-13-6-7-13)18-9-11-2-4-12(5-3-11)14(15,16)17/h10-13,18-19H,2-9H2,1H3. The molecule has 0 aromatic heterocycles. The van der Waals surface area contributed by atoms with E-state index in [0.717, 1.165) is 13.1 Å². The van der Waals surface area contributed by atoms with Crippen LogP contribution in [-0.2, 0) is 0 Å². The maximum absolute atomic E-state index is 12.5. The fourth-order valence-electron chi connectivity index (χ4n) is 2.76. The molecule has 19 heavy (non-hydrogen) atoms. The quantitative estimate of drug-likeness (QED) is 0.780. The van der Waals surface area contributed by atoms with Crippen molar-refractivity contribution in [3.63, 3.8) is 0 Å². The molecule has 0 aromatic rings. The molecular weight excluding hydrogens is 253 g/mol. The molecule has 0 heterocycles. The van der Waals surface area contributed by atoms with Crippen molar-refractivity contribution < 1.29 is 13.2 Å². The Balaban J connectivity index is 1.57. The zero-order valence-electron chi connectivity index (χ0n) is 11.6. The first-order valence-corrected chi connectivity index (χ1v) is 7.48. The van der Waals surface area contributed by atoms with Crippen LogP contribution in [0.25, 0.3) is 0 Å². The molecule has 2 nitrogen and oxygen atoms in total. The Morgan fingerprint density at radius 2 is 1.68 bits per heavy atom. The largest absolute Gasteiger partial charge is 0.391 e. The Hall–Kier alpha value is -0.290. The van der Waals surface area contributed by atoms with Gasteiger partial charge in [-0.3, -0.25) is 0 Å². The van der Waals surface area contributed by atoms with E-state index in [1.807, 2.05) is 0 Å². The Kier molecular flexibility index (Phi) is 5.12. The predicted molar refractivity (Wildman–Crippen MR) is 70.0 cm³/mol. The van der Waals surface area contributed by atoms with Gasteiger partial charge in [-0.25, -0.2) is 0 Å². The van der Waals surface area contributed by atoms with Crippen LogP contribution in [0, 0.1) is 11.8 Å². The van der Waals surface area contributed by atoms with E-state index in [0.29, 0.717) is 43.7 Å². The SMILES string of the molecule is CC(CNC1CC1)NCC1CCC(C(F)(F)F)CC1. The highest BCUT2D eigenvalue weighted by Gasteiger charge is 2.41. The number of alkyl halides is 3. The number of hydrogen-bond acceptors (Lipinski definition) is 2. The van der Waals surface area contributed by atoms with Gasteiger partial charge in [0.15, 0.2) is 0 Å². The topological polar surface area (TPSA) is 24.1 Å². The van der Waals surface area contributed by atoms with Gasteiger partial charge in [0, 0.05) is 18.6 Å². The molecule has 0 saturated heterocycles. The minimum Gasteiger partial charge on any atom is -0.313 e. The van der Waals surface area contributed by atoms with Crippen LogP contribution in [0.3, 0.4) is 0 Å². The van der Waals surface area contributed by atoms with Crippen LogP contribution in [0.2, 0.25) is 0 Å². The van der Waals surface area contributed by atoms with E-state index in [-0.39, 0.29) is 0 Å². The fourth-order valence-corrected chi connectivity index (χ4v) is 2.76. The van der Waals surface area contributed by atoms with E-state index < -0.39 is 12.1 Å². The van der Waals surface area contributed by atoms with Crippen LogP contribution < -0.4 is 10.6 Å². The summed E-state index contributed by atoms with van der Waals surface area (Å²) < 4.78 is 37.6. The van der Waals surface area contributed by atoms with E-state index in [9.17, 15) is 13.2 Å². The van der Waals surface area contributed by atoms with Crippen molar-refractivity contribution in [3.8, 4) is 0 Å². The summed E-state index contributed by atoms with van der Waals surface area (Å²) in [5.74, 6) is -0.639. The molecule has 2 aliphatic rings. The summed E-state index contributed by atoms with van der Waals surface area (Å²) in [7, 11) is 0. The molecule has 2 rings (SSSR count). The normalized spacial score (nSPS) is 30.3. The Bertz CT molecular complexity index is 268. The Morgan fingerprint density at radius 3 is 2.21 bits per heavy atom. The number of rotatable bonds is 6. The van der Waals surface area contributed by atoms with Gasteiger partial charge in [0.25, 0.3) is 0 Å². The second kappa shape index (κ2) is 6.44. The number of nitrogens with one attached hydrogen (secondary N) is 2. The lowest BCUT2D eigenvalue weighted by molar-refractivity contribution is -0.183. The van der Waals surface area contributed by atoms with Gasteiger partial charge < -0.3 is 10.6 Å². The zero-order chi connectivity index (χ0) is 13.9. The van der Waals surface area contributed by atoms with E-state index in [4.69, 9.17) is 0 Å². The molecule has 1 unspecified atom stereocenters. The lowest BCUT2D eigenvalue weighted by atomic mass is 9.81. The van der Waals surface area contributed by atoms with Crippen LogP contribution in [0.5, 0.6) is 0 Å². The zero-order valence-corrected chi connectivity index (χ0v) is 11.6. The van der Waals surface area contributed by atoms with E-state index in [2.05, 4.69) is 17.6 Å². The van der Waals surface area contributed by atoms with Crippen molar-refractivity contribution in [2.24, 2.45) is 11.8 Å². The number of halogens is 3. The van der Waals surface area contributed by atoms with Crippen molar-refractivity contribution in [1.29, 1.82) is 0 Å². The third-order valence-electron chi connectivity index (χ3n) is 4.35. The van der Waals surface area contributed by atoms with Gasteiger partial charge in [0.05, 0.1) is 5.92 Å². The van der Waals surface area contributed by atoms with Crippen molar-refractivity contribution in [2.45, 2.75) is 63.7 Å². The van der Waals surface area contributed by atoms with Gasteiger partial charge in [0.1, 0.15) is 0 Å². The van der Waals surface area contributed by atoms with Crippen molar-refractivity contribution >= 4 is 0 Å². The second-order valence-corrected chi connectivity index (χ2v) is 6.25. The van der Waals surface area contributed by atoms with E-state index >= 15 is 0 Å². The first-order valence-electron chi connectivity index (χ1n) is 7.48. The second-order valence-electron chi connectivity index (χ2n) is 6.25. The molecule has 1 atom stereocenters. The van der Waals surface area contributed by atoms with Crippen molar-refractivity contribution in [3.05, 3.63) is 0 Å². The molecule has 2 fully saturated rings. The molecule has 0 amide bonds. The molecule has 2 N–H and O–H groups in total. The Labute approximate surface area is 113 Å². The van der Waals surface area contributed by atoms with Crippen molar-refractivity contribution in [2.75, 3.05) is 13.1 Å². The summed E-state index contributed by atoms with van der Waals surface area (Å²) in [4.78, 5) is 0. The van der Waals surface area contributed by atoms with Crippen LogP contribution in [0.4, 0.5) is 13.2 Å².